The molecule has 0 heterocycles. The predicted molar refractivity (Wildman–Crippen MR) is 118 cm³/mol. The number of aliphatic imine (C=N–C) groups is 1. The maximum atomic E-state index is 9.26. The summed E-state index contributed by atoms with van der Waals surface area (Å²) in [5.41, 5.74) is 1.26. The van der Waals surface area contributed by atoms with Gasteiger partial charge in [-0.15, -0.1) is 0 Å². The zero-order chi connectivity index (χ0) is 19.9. The van der Waals surface area contributed by atoms with Gasteiger partial charge in [-0.2, -0.15) is 0 Å². The fraction of sp³-hybridized carbons (Fsp3) is 0.682. The number of hydrogen-bond acceptors (Lipinski definition) is 3. The molecule has 0 aromatic heterocycles. The van der Waals surface area contributed by atoms with Crippen LogP contribution in [0.3, 0.4) is 0 Å². The molecule has 1 aromatic rings. The third-order valence-corrected chi connectivity index (χ3v) is 4.60. The van der Waals surface area contributed by atoms with E-state index >= 15 is 0 Å². The van der Waals surface area contributed by atoms with Gasteiger partial charge in [0.2, 0.25) is 0 Å². The van der Waals surface area contributed by atoms with Gasteiger partial charge in [0.1, 0.15) is 0 Å². The molecular formula is C22H40N4O. The Bertz CT molecular complexity index is 504. The molecular weight excluding hydrogens is 336 g/mol. The SMILES string of the molecule is CCNC(=NCC(CCO)CC(C)C)NCCCCN(C)c1ccccc1. The zero-order valence-electron chi connectivity index (χ0n) is 17.7. The number of hydrogen-bond donors (Lipinski definition) is 3. The summed E-state index contributed by atoms with van der Waals surface area (Å²) in [6.07, 6.45) is 4.17. The lowest BCUT2D eigenvalue weighted by molar-refractivity contribution is 0.245. The molecule has 0 bridgehead atoms. The molecule has 27 heavy (non-hydrogen) atoms. The molecule has 0 saturated heterocycles. The lowest BCUT2D eigenvalue weighted by atomic mass is 9.94. The lowest BCUT2D eigenvalue weighted by Gasteiger charge is -2.19. The second-order valence-corrected chi connectivity index (χ2v) is 7.62. The van der Waals surface area contributed by atoms with Crippen molar-refractivity contribution in [3.8, 4) is 0 Å². The fourth-order valence-corrected chi connectivity index (χ4v) is 3.19. The summed E-state index contributed by atoms with van der Waals surface area (Å²) in [4.78, 5) is 7.04. The standard InChI is InChI=1S/C22H40N4O/c1-5-23-22(25-18-20(13-16-27)17-19(2)3)24-14-9-10-15-26(4)21-11-7-6-8-12-21/h6-8,11-12,19-20,27H,5,9-10,13-18H2,1-4H3,(H2,23,24,25). The van der Waals surface area contributed by atoms with E-state index in [1.165, 1.54) is 5.69 Å². The van der Waals surface area contributed by atoms with E-state index in [0.29, 0.717) is 11.8 Å². The van der Waals surface area contributed by atoms with Crippen LogP contribution in [0.4, 0.5) is 5.69 Å². The molecule has 1 unspecified atom stereocenters. The summed E-state index contributed by atoms with van der Waals surface area (Å²) in [6.45, 7) is 10.4. The monoisotopic (exact) mass is 376 g/mol. The van der Waals surface area contributed by atoms with Crippen LogP contribution in [-0.4, -0.2) is 50.9 Å². The number of nitrogens with one attached hydrogen (secondary N) is 2. The van der Waals surface area contributed by atoms with Crippen molar-refractivity contribution in [2.24, 2.45) is 16.8 Å². The molecule has 0 spiro atoms. The molecule has 5 heteroatoms. The van der Waals surface area contributed by atoms with Crippen molar-refractivity contribution in [2.45, 2.75) is 46.5 Å². The number of aliphatic hydroxyl groups is 1. The van der Waals surface area contributed by atoms with Crippen LogP contribution in [0.5, 0.6) is 0 Å². The summed E-state index contributed by atoms with van der Waals surface area (Å²) < 4.78 is 0. The van der Waals surface area contributed by atoms with E-state index in [-0.39, 0.29) is 6.61 Å². The molecule has 0 aliphatic rings. The average Bonchev–Trinajstić information content (AvgIpc) is 2.65. The number of nitrogens with zero attached hydrogens (tertiary/aromatic N) is 2. The first kappa shape index (κ1) is 23.3. The van der Waals surface area contributed by atoms with E-state index in [4.69, 9.17) is 4.99 Å². The largest absolute Gasteiger partial charge is 0.396 e. The van der Waals surface area contributed by atoms with Crippen LogP contribution < -0.4 is 15.5 Å². The zero-order valence-corrected chi connectivity index (χ0v) is 17.7. The quantitative estimate of drug-likeness (QED) is 0.280. The van der Waals surface area contributed by atoms with Gasteiger partial charge in [0.15, 0.2) is 5.96 Å². The van der Waals surface area contributed by atoms with E-state index in [9.17, 15) is 5.11 Å². The maximum Gasteiger partial charge on any atom is 0.191 e. The summed E-state index contributed by atoms with van der Waals surface area (Å²) in [5.74, 6) is 1.97. The van der Waals surface area contributed by atoms with Gasteiger partial charge in [-0.3, -0.25) is 4.99 Å². The average molecular weight is 377 g/mol. The number of benzene rings is 1. The van der Waals surface area contributed by atoms with Crippen LogP contribution >= 0.6 is 0 Å². The minimum Gasteiger partial charge on any atom is -0.396 e. The molecule has 0 aliphatic heterocycles. The van der Waals surface area contributed by atoms with Crippen molar-refractivity contribution in [1.29, 1.82) is 0 Å². The van der Waals surface area contributed by atoms with Crippen LogP contribution in [0.15, 0.2) is 35.3 Å². The third-order valence-electron chi connectivity index (χ3n) is 4.60. The number of anilines is 1. The van der Waals surface area contributed by atoms with E-state index < -0.39 is 0 Å². The highest BCUT2D eigenvalue weighted by Gasteiger charge is 2.10. The lowest BCUT2D eigenvalue weighted by Crippen LogP contribution is -2.38. The molecule has 1 rings (SSSR count). The van der Waals surface area contributed by atoms with Crippen molar-refractivity contribution in [2.75, 3.05) is 44.7 Å². The van der Waals surface area contributed by atoms with Crippen molar-refractivity contribution >= 4 is 11.6 Å². The van der Waals surface area contributed by atoms with Gasteiger partial charge in [0.05, 0.1) is 0 Å². The van der Waals surface area contributed by atoms with Gasteiger partial charge >= 0.3 is 0 Å². The van der Waals surface area contributed by atoms with Crippen molar-refractivity contribution in [3.05, 3.63) is 30.3 Å². The summed E-state index contributed by atoms with van der Waals surface area (Å²) in [7, 11) is 2.14. The number of aliphatic hydroxyl groups excluding tert-OH is 1. The van der Waals surface area contributed by atoms with Crippen LogP contribution in [0, 0.1) is 11.8 Å². The number of guanidine groups is 1. The van der Waals surface area contributed by atoms with E-state index in [1.54, 1.807) is 0 Å². The van der Waals surface area contributed by atoms with Crippen molar-refractivity contribution in [3.63, 3.8) is 0 Å². The van der Waals surface area contributed by atoms with E-state index in [0.717, 1.165) is 57.8 Å². The fourth-order valence-electron chi connectivity index (χ4n) is 3.19. The molecule has 154 valence electrons. The normalized spacial score (nSPS) is 12.9. The summed E-state index contributed by atoms with van der Waals surface area (Å²) >= 11 is 0. The third kappa shape index (κ3) is 10.9. The molecule has 0 saturated carbocycles. The van der Waals surface area contributed by atoms with Crippen molar-refractivity contribution in [1.82, 2.24) is 10.6 Å². The number of para-hydroxylation sites is 1. The van der Waals surface area contributed by atoms with Gasteiger partial charge in [-0.05, 0) is 56.6 Å². The van der Waals surface area contributed by atoms with Crippen LogP contribution in [-0.2, 0) is 0 Å². The minimum absolute atomic E-state index is 0.242. The molecule has 0 radical (unpaired) electrons. The topological polar surface area (TPSA) is 59.9 Å². The highest BCUT2D eigenvalue weighted by atomic mass is 16.3. The molecule has 3 N–H and O–H groups in total. The van der Waals surface area contributed by atoms with Crippen LogP contribution in [0.1, 0.15) is 46.5 Å². The van der Waals surface area contributed by atoms with Gasteiger partial charge in [-0.25, -0.2) is 0 Å². The Morgan fingerprint density at radius 3 is 2.52 bits per heavy atom. The second kappa shape index (κ2) is 14.3. The van der Waals surface area contributed by atoms with Crippen LogP contribution in [0.2, 0.25) is 0 Å². The van der Waals surface area contributed by atoms with Crippen molar-refractivity contribution < 1.29 is 5.11 Å². The Morgan fingerprint density at radius 2 is 1.89 bits per heavy atom. The Balaban J connectivity index is 2.34. The molecule has 0 amide bonds. The van der Waals surface area contributed by atoms with Gasteiger partial charge in [-0.1, -0.05) is 32.0 Å². The van der Waals surface area contributed by atoms with Gasteiger partial charge in [0.25, 0.3) is 0 Å². The van der Waals surface area contributed by atoms with E-state index in [2.05, 4.69) is 73.7 Å². The molecule has 0 aliphatic carbocycles. The van der Waals surface area contributed by atoms with Gasteiger partial charge in [0, 0.05) is 45.5 Å². The molecule has 1 aromatic carbocycles. The van der Waals surface area contributed by atoms with Crippen LogP contribution in [0.25, 0.3) is 0 Å². The first-order valence-electron chi connectivity index (χ1n) is 10.5. The smallest absolute Gasteiger partial charge is 0.191 e. The second-order valence-electron chi connectivity index (χ2n) is 7.62. The summed E-state index contributed by atoms with van der Waals surface area (Å²) in [5, 5.41) is 16.0. The predicted octanol–water partition coefficient (Wildman–Crippen LogP) is 3.50. The minimum atomic E-state index is 0.242. The first-order valence-corrected chi connectivity index (χ1v) is 10.5. The molecule has 1 atom stereocenters. The number of rotatable bonds is 13. The first-order chi connectivity index (χ1) is 13.1. The maximum absolute atomic E-state index is 9.26. The highest BCUT2D eigenvalue weighted by molar-refractivity contribution is 5.79. The molecule has 0 fully saturated rings. The Hall–Kier alpha value is -1.75. The Labute approximate surface area is 166 Å². The summed E-state index contributed by atoms with van der Waals surface area (Å²) in [6, 6.07) is 10.5. The number of unbranched alkanes of at least 4 members (excludes halogenated alkanes) is 1. The van der Waals surface area contributed by atoms with Gasteiger partial charge < -0.3 is 20.6 Å². The Morgan fingerprint density at radius 1 is 1.15 bits per heavy atom. The Kier molecular flexibility index (Phi) is 12.4. The highest BCUT2D eigenvalue weighted by Crippen LogP contribution is 2.15. The molecule has 5 nitrogen and oxygen atoms in total. The van der Waals surface area contributed by atoms with E-state index in [1.807, 2.05) is 0 Å².